The van der Waals surface area contributed by atoms with Crippen LogP contribution in [0.3, 0.4) is 0 Å². The molecule has 1 aliphatic rings. The van der Waals surface area contributed by atoms with Gasteiger partial charge in [-0.05, 0) is 31.6 Å². The number of methoxy groups -OCH3 is 1. The van der Waals surface area contributed by atoms with Crippen molar-refractivity contribution in [2.24, 2.45) is 11.8 Å². The number of ether oxygens (including phenoxy) is 3. The molecular formula is C15H27ClO4. The molecule has 5 heteroatoms. The summed E-state index contributed by atoms with van der Waals surface area (Å²) in [5.74, 6) is 1.43. The topological polar surface area (TPSA) is 44.8 Å². The summed E-state index contributed by atoms with van der Waals surface area (Å²) < 4.78 is 16.0. The van der Waals surface area contributed by atoms with E-state index in [0.29, 0.717) is 37.4 Å². The molecule has 0 spiro atoms. The van der Waals surface area contributed by atoms with E-state index in [9.17, 15) is 4.79 Å². The highest BCUT2D eigenvalue weighted by atomic mass is 35.5. The lowest BCUT2D eigenvalue weighted by molar-refractivity contribution is -0.141. The van der Waals surface area contributed by atoms with E-state index >= 15 is 0 Å². The molecule has 118 valence electrons. The van der Waals surface area contributed by atoms with Gasteiger partial charge in [-0.25, -0.2) is 0 Å². The standard InChI is InChI=1S/C15H27ClO4/c1-12(6-7-14(17)18-2)11-13(5-3-4-8-16)15-19-9-10-20-15/h12-13,15H,3-11H2,1-2H3/t12?,13-/m1/s1. The molecule has 1 fully saturated rings. The third kappa shape index (κ3) is 6.91. The molecule has 4 nitrogen and oxygen atoms in total. The molecule has 2 atom stereocenters. The first-order valence-electron chi connectivity index (χ1n) is 7.53. The molecule has 0 aromatic carbocycles. The molecule has 1 heterocycles. The van der Waals surface area contributed by atoms with Gasteiger partial charge < -0.3 is 14.2 Å². The lowest BCUT2D eigenvalue weighted by Gasteiger charge is -2.25. The van der Waals surface area contributed by atoms with Crippen molar-refractivity contribution in [2.75, 3.05) is 26.2 Å². The van der Waals surface area contributed by atoms with Crippen LogP contribution in [-0.4, -0.2) is 38.5 Å². The van der Waals surface area contributed by atoms with E-state index in [0.717, 1.165) is 32.1 Å². The maximum atomic E-state index is 11.2. The van der Waals surface area contributed by atoms with E-state index in [-0.39, 0.29) is 12.3 Å². The molecule has 1 rings (SSSR count). The summed E-state index contributed by atoms with van der Waals surface area (Å²) in [6.45, 7) is 3.55. The van der Waals surface area contributed by atoms with Crippen LogP contribution in [0.5, 0.6) is 0 Å². The van der Waals surface area contributed by atoms with E-state index in [2.05, 4.69) is 11.7 Å². The van der Waals surface area contributed by atoms with E-state index < -0.39 is 0 Å². The number of carbonyl (C=O) groups excluding carboxylic acids is 1. The quantitative estimate of drug-likeness (QED) is 0.353. The lowest BCUT2D eigenvalue weighted by atomic mass is 9.88. The Bertz CT molecular complexity index is 267. The molecule has 1 unspecified atom stereocenters. The summed E-state index contributed by atoms with van der Waals surface area (Å²) in [7, 11) is 1.43. The van der Waals surface area contributed by atoms with Gasteiger partial charge in [-0.3, -0.25) is 4.79 Å². The van der Waals surface area contributed by atoms with Crippen molar-refractivity contribution in [3.05, 3.63) is 0 Å². The number of carbonyl (C=O) groups is 1. The third-order valence-electron chi connectivity index (χ3n) is 3.77. The van der Waals surface area contributed by atoms with Crippen LogP contribution in [0.2, 0.25) is 0 Å². The highest BCUT2D eigenvalue weighted by Gasteiger charge is 2.28. The van der Waals surface area contributed by atoms with Crippen LogP contribution in [-0.2, 0) is 19.0 Å². The van der Waals surface area contributed by atoms with Crippen LogP contribution in [0.15, 0.2) is 0 Å². The number of hydrogen-bond donors (Lipinski definition) is 0. The summed E-state index contributed by atoms with van der Waals surface area (Å²) in [6.07, 6.45) is 5.47. The number of rotatable bonds is 10. The summed E-state index contributed by atoms with van der Waals surface area (Å²) in [5.41, 5.74) is 0. The van der Waals surface area contributed by atoms with Gasteiger partial charge in [0, 0.05) is 18.2 Å². The normalized spacial score (nSPS) is 18.9. The monoisotopic (exact) mass is 306 g/mol. The van der Waals surface area contributed by atoms with Gasteiger partial charge in [0.1, 0.15) is 0 Å². The molecule has 0 N–H and O–H groups in total. The second-order valence-electron chi connectivity index (χ2n) is 5.51. The number of unbranched alkanes of at least 4 members (excludes halogenated alkanes) is 1. The zero-order valence-corrected chi connectivity index (χ0v) is 13.4. The Balaban J connectivity index is 2.35. The first-order valence-corrected chi connectivity index (χ1v) is 8.06. The largest absolute Gasteiger partial charge is 0.469 e. The minimum atomic E-state index is -0.135. The van der Waals surface area contributed by atoms with Crippen molar-refractivity contribution in [2.45, 2.75) is 51.7 Å². The third-order valence-corrected chi connectivity index (χ3v) is 4.03. The number of alkyl halides is 1. The van der Waals surface area contributed by atoms with Crippen molar-refractivity contribution >= 4 is 17.6 Å². The smallest absolute Gasteiger partial charge is 0.305 e. The summed E-state index contributed by atoms with van der Waals surface area (Å²) >= 11 is 5.74. The highest BCUT2D eigenvalue weighted by molar-refractivity contribution is 6.17. The van der Waals surface area contributed by atoms with E-state index in [1.165, 1.54) is 7.11 Å². The summed E-state index contributed by atoms with van der Waals surface area (Å²) in [4.78, 5) is 11.2. The van der Waals surface area contributed by atoms with Crippen LogP contribution in [0.4, 0.5) is 0 Å². The van der Waals surface area contributed by atoms with Crippen LogP contribution in [0.25, 0.3) is 0 Å². The summed E-state index contributed by atoms with van der Waals surface area (Å²) in [5, 5.41) is 0. The average molecular weight is 307 g/mol. The van der Waals surface area contributed by atoms with Gasteiger partial charge in [0.25, 0.3) is 0 Å². The van der Waals surface area contributed by atoms with E-state index in [1.54, 1.807) is 0 Å². The molecule has 1 aliphatic heterocycles. The van der Waals surface area contributed by atoms with Gasteiger partial charge in [-0.1, -0.05) is 13.3 Å². The zero-order chi connectivity index (χ0) is 14.8. The fraction of sp³-hybridized carbons (Fsp3) is 0.933. The van der Waals surface area contributed by atoms with Crippen LogP contribution < -0.4 is 0 Å². The van der Waals surface area contributed by atoms with Crippen molar-refractivity contribution in [1.29, 1.82) is 0 Å². The zero-order valence-electron chi connectivity index (χ0n) is 12.6. The van der Waals surface area contributed by atoms with Crippen molar-refractivity contribution < 1.29 is 19.0 Å². The highest BCUT2D eigenvalue weighted by Crippen LogP contribution is 2.28. The lowest BCUT2D eigenvalue weighted by Crippen LogP contribution is -2.24. The predicted octanol–water partition coefficient (Wildman–Crippen LogP) is 3.36. The predicted molar refractivity (Wildman–Crippen MR) is 78.8 cm³/mol. The Morgan fingerprint density at radius 2 is 2.00 bits per heavy atom. The average Bonchev–Trinajstić information content (AvgIpc) is 2.98. The van der Waals surface area contributed by atoms with Crippen LogP contribution >= 0.6 is 11.6 Å². The molecular weight excluding hydrogens is 280 g/mol. The van der Waals surface area contributed by atoms with Gasteiger partial charge in [-0.2, -0.15) is 0 Å². The number of halogens is 1. The van der Waals surface area contributed by atoms with Gasteiger partial charge in [0.2, 0.25) is 0 Å². The Morgan fingerprint density at radius 1 is 1.30 bits per heavy atom. The molecule has 1 saturated heterocycles. The SMILES string of the molecule is COC(=O)CCC(C)C[C@@H](CCCCCl)C1OCCO1. The fourth-order valence-electron chi connectivity index (χ4n) is 2.62. The van der Waals surface area contributed by atoms with Gasteiger partial charge in [0.05, 0.1) is 20.3 Å². The van der Waals surface area contributed by atoms with Gasteiger partial charge in [0.15, 0.2) is 6.29 Å². The van der Waals surface area contributed by atoms with Crippen molar-refractivity contribution in [3.63, 3.8) is 0 Å². The van der Waals surface area contributed by atoms with Crippen LogP contribution in [0, 0.1) is 11.8 Å². The molecule has 0 aromatic heterocycles. The first kappa shape index (κ1) is 17.7. The summed E-state index contributed by atoms with van der Waals surface area (Å²) in [6, 6.07) is 0. The van der Waals surface area contributed by atoms with E-state index in [1.807, 2.05) is 0 Å². The second kappa shape index (κ2) is 10.4. The Morgan fingerprint density at radius 3 is 2.60 bits per heavy atom. The number of hydrogen-bond acceptors (Lipinski definition) is 4. The fourth-order valence-corrected chi connectivity index (χ4v) is 2.80. The maximum absolute atomic E-state index is 11.2. The minimum Gasteiger partial charge on any atom is -0.469 e. The second-order valence-corrected chi connectivity index (χ2v) is 5.89. The Hall–Kier alpha value is -0.320. The minimum absolute atomic E-state index is 0.0779. The van der Waals surface area contributed by atoms with Gasteiger partial charge >= 0.3 is 5.97 Å². The van der Waals surface area contributed by atoms with Crippen molar-refractivity contribution in [1.82, 2.24) is 0 Å². The molecule has 0 amide bonds. The first-order chi connectivity index (χ1) is 9.67. The molecule has 20 heavy (non-hydrogen) atoms. The molecule has 0 aliphatic carbocycles. The van der Waals surface area contributed by atoms with E-state index in [4.69, 9.17) is 21.1 Å². The molecule has 0 aromatic rings. The maximum Gasteiger partial charge on any atom is 0.305 e. The molecule has 0 saturated carbocycles. The van der Waals surface area contributed by atoms with Crippen molar-refractivity contribution in [3.8, 4) is 0 Å². The Labute approximate surface area is 127 Å². The van der Waals surface area contributed by atoms with Gasteiger partial charge in [-0.15, -0.1) is 11.6 Å². The molecule has 0 bridgehead atoms. The van der Waals surface area contributed by atoms with Crippen LogP contribution in [0.1, 0.15) is 45.4 Å². The number of esters is 1. The molecule has 0 radical (unpaired) electrons. The Kier molecular flexibility index (Phi) is 9.23.